The van der Waals surface area contributed by atoms with Gasteiger partial charge < -0.3 is 14.8 Å². The summed E-state index contributed by atoms with van der Waals surface area (Å²) in [5.41, 5.74) is 1.94. The molecular formula is C27H27FN4O2. The fourth-order valence-electron chi connectivity index (χ4n) is 4.76. The van der Waals surface area contributed by atoms with Crippen LogP contribution in [-0.4, -0.2) is 40.0 Å². The Bertz CT molecular complexity index is 1410. The number of hydrogen-bond donors (Lipinski definition) is 1. The highest BCUT2D eigenvalue weighted by Gasteiger charge is 2.17. The molecule has 0 bridgehead atoms. The number of carbonyl (C=O) groups excluding carboxylic acids is 1. The molecule has 6 nitrogen and oxygen atoms in total. The maximum atomic E-state index is 13.4. The number of pyridine rings is 2. The van der Waals surface area contributed by atoms with Crippen LogP contribution in [-0.2, 0) is 6.54 Å². The van der Waals surface area contributed by atoms with Crippen molar-refractivity contribution < 1.29 is 9.18 Å². The molecule has 1 saturated heterocycles. The van der Waals surface area contributed by atoms with E-state index in [1.54, 1.807) is 41.2 Å². The van der Waals surface area contributed by atoms with Crippen LogP contribution >= 0.6 is 0 Å². The van der Waals surface area contributed by atoms with Gasteiger partial charge in [0.1, 0.15) is 5.82 Å². The molecule has 174 valence electrons. The lowest BCUT2D eigenvalue weighted by Crippen LogP contribution is -2.30. The molecule has 1 amide bonds. The molecule has 1 N–H and O–H groups in total. The van der Waals surface area contributed by atoms with Gasteiger partial charge in [-0.2, -0.15) is 0 Å². The molecule has 0 aliphatic carbocycles. The first-order valence-electron chi connectivity index (χ1n) is 11.7. The molecule has 34 heavy (non-hydrogen) atoms. The van der Waals surface area contributed by atoms with Gasteiger partial charge in [0.05, 0.1) is 16.9 Å². The molecule has 1 aliphatic heterocycles. The van der Waals surface area contributed by atoms with Gasteiger partial charge in [-0.3, -0.25) is 14.6 Å². The minimum absolute atomic E-state index is 0.0907. The number of likely N-dealkylation sites (tertiary alicyclic amines) is 1. The van der Waals surface area contributed by atoms with Crippen molar-refractivity contribution in [3.8, 4) is 0 Å². The van der Waals surface area contributed by atoms with Gasteiger partial charge in [-0.05, 0) is 74.1 Å². The lowest BCUT2D eigenvalue weighted by Gasteiger charge is -2.19. The molecule has 1 aliphatic rings. The Morgan fingerprint density at radius 3 is 2.56 bits per heavy atom. The third kappa shape index (κ3) is 4.31. The van der Waals surface area contributed by atoms with Gasteiger partial charge >= 0.3 is 0 Å². The number of amides is 1. The van der Waals surface area contributed by atoms with Crippen LogP contribution < -0.4 is 10.9 Å². The number of rotatable bonds is 6. The third-order valence-corrected chi connectivity index (χ3v) is 6.69. The highest BCUT2D eigenvalue weighted by atomic mass is 19.1. The van der Waals surface area contributed by atoms with Crippen molar-refractivity contribution >= 4 is 27.6 Å². The second-order valence-electron chi connectivity index (χ2n) is 8.91. The number of fused-ring (bicyclic) bond motifs is 3. The lowest BCUT2D eigenvalue weighted by atomic mass is 10.0. The summed E-state index contributed by atoms with van der Waals surface area (Å²) in [4.78, 5) is 33.0. The molecule has 0 radical (unpaired) electrons. The molecule has 0 saturated carbocycles. The Morgan fingerprint density at radius 1 is 1.03 bits per heavy atom. The number of carbonyl (C=O) groups is 1. The molecule has 7 heteroatoms. The van der Waals surface area contributed by atoms with E-state index < -0.39 is 0 Å². The van der Waals surface area contributed by atoms with Crippen molar-refractivity contribution in [2.45, 2.75) is 32.4 Å². The summed E-state index contributed by atoms with van der Waals surface area (Å²) >= 11 is 0. The molecule has 0 spiro atoms. The summed E-state index contributed by atoms with van der Waals surface area (Å²) in [5, 5.41) is 5.31. The molecule has 1 fully saturated rings. The average Bonchev–Trinajstić information content (AvgIpc) is 3.38. The van der Waals surface area contributed by atoms with E-state index in [4.69, 9.17) is 0 Å². The summed E-state index contributed by atoms with van der Waals surface area (Å²) < 4.78 is 15.0. The molecule has 3 heterocycles. The van der Waals surface area contributed by atoms with Gasteiger partial charge in [0.25, 0.3) is 11.5 Å². The predicted molar refractivity (Wildman–Crippen MR) is 131 cm³/mol. The first kappa shape index (κ1) is 22.2. The fourth-order valence-corrected chi connectivity index (χ4v) is 4.76. The van der Waals surface area contributed by atoms with E-state index in [0.29, 0.717) is 17.5 Å². The van der Waals surface area contributed by atoms with E-state index in [-0.39, 0.29) is 23.3 Å². The third-order valence-electron chi connectivity index (χ3n) is 6.69. The monoisotopic (exact) mass is 458 g/mol. The highest BCUT2D eigenvalue weighted by Crippen LogP contribution is 2.24. The zero-order valence-corrected chi connectivity index (χ0v) is 19.1. The van der Waals surface area contributed by atoms with Crippen molar-refractivity contribution in [3.63, 3.8) is 0 Å². The lowest BCUT2D eigenvalue weighted by molar-refractivity contribution is 0.0940. The van der Waals surface area contributed by atoms with Gasteiger partial charge in [-0.15, -0.1) is 0 Å². The van der Waals surface area contributed by atoms with E-state index >= 15 is 0 Å². The standard InChI is InChI=1S/C27H27FN4O2/c1-18(19-4-7-21(28)8-5-19)30-26(33)20-6-9-23-22-10-11-29-17-24(22)27(34)32(25(23)16-20)15-14-31-12-2-3-13-31/h4-11,16-18H,2-3,12-15H2,1H3,(H,30,33). The van der Waals surface area contributed by atoms with Crippen molar-refractivity contribution in [2.75, 3.05) is 19.6 Å². The van der Waals surface area contributed by atoms with Gasteiger partial charge in [0, 0.05) is 36.4 Å². The van der Waals surface area contributed by atoms with Crippen molar-refractivity contribution in [2.24, 2.45) is 0 Å². The molecule has 4 aromatic rings. The Labute approximate surface area is 197 Å². The van der Waals surface area contributed by atoms with Crippen LogP contribution in [0.5, 0.6) is 0 Å². The van der Waals surface area contributed by atoms with E-state index in [1.807, 2.05) is 19.1 Å². The number of halogens is 1. The first-order chi connectivity index (χ1) is 16.5. The summed E-state index contributed by atoms with van der Waals surface area (Å²) in [7, 11) is 0. The Hall–Kier alpha value is -3.58. The second-order valence-corrected chi connectivity index (χ2v) is 8.91. The molecule has 1 unspecified atom stereocenters. The Morgan fingerprint density at radius 2 is 1.79 bits per heavy atom. The molecule has 1 atom stereocenters. The average molecular weight is 459 g/mol. The van der Waals surface area contributed by atoms with Crippen LogP contribution in [0.25, 0.3) is 21.7 Å². The Kier molecular flexibility index (Phi) is 6.11. The molecule has 5 rings (SSSR count). The van der Waals surface area contributed by atoms with Gasteiger partial charge in [-0.25, -0.2) is 4.39 Å². The van der Waals surface area contributed by atoms with E-state index in [9.17, 15) is 14.0 Å². The number of hydrogen-bond acceptors (Lipinski definition) is 4. The van der Waals surface area contributed by atoms with Crippen LogP contribution in [0, 0.1) is 5.82 Å². The number of benzene rings is 2. The normalized spacial score (nSPS) is 15.1. The first-order valence-corrected chi connectivity index (χ1v) is 11.7. The number of nitrogens with one attached hydrogen (secondary N) is 1. The van der Waals surface area contributed by atoms with Crippen molar-refractivity contribution in [1.29, 1.82) is 0 Å². The SMILES string of the molecule is CC(NC(=O)c1ccc2c3ccncc3c(=O)n(CCN3CCCC3)c2c1)c1ccc(F)cc1. The smallest absolute Gasteiger partial charge is 0.260 e. The fraction of sp³-hybridized carbons (Fsp3) is 0.296. The quantitative estimate of drug-likeness (QED) is 0.438. The summed E-state index contributed by atoms with van der Waals surface area (Å²) in [6.45, 7) is 5.31. The molecule has 2 aromatic carbocycles. The van der Waals surface area contributed by atoms with Gasteiger partial charge in [-0.1, -0.05) is 18.2 Å². The second kappa shape index (κ2) is 9.35. The minimum atomic E-state index is -0.314. The van der Waals surface area contributed by atoms with Crippen LogP contribution in [0.2, 0.25) is 0 Å². The predicted octanol–water partition coefficient (Wildman–Crippen LogP) is 4.28. The van der Waals surface area contributed by atoms with Crippen molar-refractivity contribution in [3.05, 3.63) is 88.2 Å². The minimum Gasteiger partial charge on any atom is -0.346 e. The number of aromatic nitrogens is 2. The van der Waals surface area contributed by atoms with E-state index in [2.05, 4.69) is 15.2 Å². The van der Waals surface area contributed by atoms with Crippen molar-refractivity contribution in [1.82, 2.24) is 19.8 Å². The summed E-state index contributed by atoms with van der Waals surface area (Å²) in [6.07, 6.45) is 5.68. The number of nitrogens with zero attached hydrogens (tertiary/aromatic N) is 3. The van der Waals surface area contributed by atoms with Gasteiger partial charge in [0.15, 0.2) is 0 Å². The summed E-state index contributed by atoms with van der Waals surface area (Å²) in [6, 6.07) is 13.1. The molecular weight excluding hydrogens is 431 g/mol. The van der Waals surface area contributed by atoms with E-state index in [0.717, 1.165) is 41.5 Å². The molecule has 2 aromatic heterocycles. The van der Waals surface area contributed by atoms with Crippen LogP contribution in [0.15, 0.2) is 65.7 Å². The van der Waals surface area contributed by atoms with E-state index in [1.165, 1.54) is 25.0 Å². The summed E-state index contributed by atoms with van der Waals surface area (Å²) in [5.74, 6) is -0.557. The topological polar surface area (TPSA) is 67.2 Å². The maximum absolute atomic E-state index is 13.4. The maximum Gasteiger partial charge on any atom is 0.260 e. The zero-order chi connectivity index (χ0) is 23.7. The van der Waals surface area contributed by atoms with Crippen LogP contribution in [0.1, 0.15) is 41.7 Å². The van der Waals surface area contributed by atoms with Crippen LogP contribution in [0.4, 0.5) is 4.39 Å². The largest absolute Gasteiger partial charge is 0.346 e. The Balaban J connectivity index is 1.51. The zero-order valence-electron chi connectivity index (χ0n) is 19.1. The van der Waals surface area contributed by atoms with Crippen LogP contribution in [0.3, 0.4) is 0 Å². The van der Waals surface area contributed by atoms with Gasteiger partial charge in [0.2, 0.25) is 0 Å². The highest BCUT2D eigenvalue weighted by molar-refractivity contribution is 6.07.